The van der Waals surface area contributed by atoms with E-state index in [0.29, 0.717) is 18.7 Å². The van der Waals surface area contributed by atoms with Gasteiger partial charge in [0.2, 0.25) is 0 Å². The number of hydrogen-bond donors (Lipinski definition) is 1. The molecule has 1 unspecified atom stereocenters. The fraction of sp³-hybridized carbons (Fsp3) is 0.217. The standard InChI is InChI=1S/C23H22N4O2/c28-18-9-6-12-25(16-18)23(29)19-15-22(26-13-5-4-10-21(19)26)20-11-14-27(24-20)17-7-2-1-3-8-17/h1-5,7-8,10-11,13-15,18,28H,6,9,12,16H2. The molecule has 1 N–H and O–H groups in total. The number of piperidine rings is 1. The highest BCUT2D eigenvalue weighted by atomic mass is 16.3. The SMILES string of the molecule is O=C(c1cc(-c2ccn(-c3ccccc3)n2)n2ccccc12)N1CCCC(O)C1. The van der Waals surface area contributed by atoms with Gasteiger partial charge in [-0.3, -0.25) is 4.79 Å². The van der Waals surface area contributed by atoms with Crippen LogP contribution < -0.4 is 0 Å². The molecule has 1 aliphatic rings. The lowest BCUT2D eigenvalue weighted by Gasteiger charge is -2.30. The fourth-order valence-electron chi connectivity index (χ4n) is 4.02. The summed E-state index contributed by atoms with van der Waals surface area (Å²) in [6, 6.07) is 19.6. The minimum atomic E-state index is -0.442. The quantitative estimate of drug-likeness (QED) is 0.587. The van der Waals surface area contributed by atoms with E-state index in [9.17, 15) is 9.90 Å². The molecule has 4 heterocycles. The third-order valence-corrected chi connectivity index (χ3v) is 5.46. The Balaban J connectivity index is 1.56. The number of carbonyl (C=O) groups excluding carboxylic acids is 1. The number of aromatic nitrogens is 3. The Morgan fingerprint density at radius 2 is 1.86 bits per heavy atom. The number of aliphatic hydroxyl groups excluding tert-OH is 1. The van der Waals surface area contributed by atoms with Gasteiger partial charge in [-0.2, -0.15) is 5.10 Å². The van der Waals surface area contributed by atoms with Crippen LogP contribution in [0, 0.1) is 0 Å². The van der Waals surface area contributed by atoms with Crippen LogP contribution in [0.25, 0.3) is 22.6 Å². The molecule has 1 fully saturated rings. The van der Waals surface area contributed by atoms with Crippen LogP contribution in [0.5, 0.6) is 0 Å². The third-order valence-electron chi connectivity index (χ3n) is 5.46. The van der Waals surface area contributed by atoms with Crippen molar-refractivity contribution in [2.75, 3.05) is 13.1 Å². The molecule has 6 heteroatoms. The zero-order valence-corrected chi connectivity index (χ0v) is 16.0. The lowest BCUT2D eigenvalue weighted by molar-refractivity contribution is 0.0475. The van der Waals surface area contributed by atoms with Crippen LogP contribution in [0.15, 0.2) is 73.1 Å². The van der Waals surface area contributed by atoms with Crippen molar-refractivity contribution in [2.45, 2.75) is 18.9 Å². The van der Waals surface area contributed by atoms with Gasteiger partial charge in [-0.1, -0.05) is 24.3 Å². The van der Waals surface area contributed by atoms with Gasteiger partial charge in [-0.05, 0) is 49.2 Å². The summed E-state index contributed by atoms with van der Waals surface area (Å²) in [7, 11) is 0. The van der Waals surface area contributed by atoms with E-state index >= 15 is 0 Å². The van der Waals surface area contributed by atoms with Crippen LogP contribution in [-0.4, -0.2) is 49.3 Å². The Kier molecular flexibility index (Phi) is 4.41. The second kappa shape index (κ2) is 7.22. The molecule has 0 saturated carbocycles. The average Bonchev–Trinajstić information content (AvgIpc) is 3.39. The second-order valence-corrected chi connectivity index (χ2v) is 7.43. The van der Waals surface area contributed by atoms with E-state index in [4.69, 9.17) is 5.10 Å². The van der Waals surface area contributed by atoms with Crippen LogP contribution >= 0.6 is 0 Å². The number of β-amino-alcohol motifs (C(OH)–C–C–N with tert-alkyl or cyclic N) is 1. The summed E-state index contributed by atoms with van der Waals surface area (Å²) in [6.07, 6.45) is 5.02. The Morgan fingerprint density at radius 3 is 2.69 bits per heavy atom. The minimum absolute atomic E-state index is 0.0406. The van der Waals surface area contributed by atoms with Crippen molar-refractivity contribution in [1.82, 2.24) is 19.1 Å². The second-order valence-electron chi connectivity index (χ2n) is 7.43. The summed E-state index contributed by atoms with van der Waals surface area (Å²) in [5, 5.41) is 14.7. The van der Waals surface area contributed by atoms with Gasteiger partial charge in [0.1, 0.15) is 5.69 Å². The van der Waals surface area contributed by atoms with Crippen LogP contribution in [-0.2, 0) is 0 Å². The molecule has 0 spiro atoms. The Hall–Kier alpha value is -3.38. The first kappa shape index (κ1) is 17.7. The number of rotatable bonds is 3. The van der Waals surface area contributed by atoms with Crippen LogP contribution in [0.2, 0.25) is 0 Å². The Morgan fingerprint density at radius 1 is 1.03 bits per heavy atom. The molecular formula is C23H22N4O2. The number of para-hydroxylation sites is 1. The smallest absolute Gasteiger partial charge is 0.256 e. The summed E-state index contributed by atoms with van der Waals surface area (Å²) in [5.74, 6) is -0.0406. The van der Waals surface area contributed by atoms with Gasteiger partial charge >= 0.3 is 0 Å². The van der Waals surface area contributed by atoms with E-state index in [2.05, 4.69) is 0 Å². The molecule has 29 heavy (non-hydrogen) atoms. The van der Waals surface area contributed by atoms with Crippen LogP contribution in [0.1, 0.15) is 23.2 Å². The van der Waals surface area contributed by atoms with E-state index in [0.717, 1.165) is 35.4 Å². The lowest BCUT2D eigenvalue weighted by Crippen LogP contribution is -2.42. The number of fused-ring (bicyclic) bond motifs is 1. The maximum Gasteiger partial charge on any atom is 0.256 e. The number of carbonyl (C=O) groups is 1. The molecule has 0 bridgehead atoms. The van der Waals surface area contributed by atoms with E-state index < -0.39 is 6.10 Å². The van der Waals surface area contributed by atoms with Gasteiger partial charge in [0.25, 0.3) is 5.91 Å². The van der Waals surface area contributed by atoms with Gasteiger partial charge in [0, 0.05) is 25.5 Å². The Bertz CT molecular complexity index is 1160. The van der Waals surface area contributed by atoms with E-state index in [1.54, 1.807) is 4.90 Å². The number of hydrogen-bond acceptors (Lipinski definition) is 3. The topological polar surface area (TPSA) is 62.8 Å². The highest BCUT2D eigenvalue weighted by molar-refractivity contribution is 6.02. The summed E-state index contributed by atoms with van der Waals surface area (Å²) < 4.78 is 3.84. The zero-order chi connectivity index (χ0) is 19.8. The van der Waals surface area contributed by atoms with E-state index in [1.807, 2.05) is 82.1 Å². The van der Waals surface area contributed by atoms with Crippen LogP contribution in [0.4, 0.5) is 0 Å². The molecule has 1 amide bonds. The first-order chi connectivity index (χ1) is 14.2. The number of aliphatic hydroxyl groups is 1. The summed E-state index contributed by atoms with van der Waals surface area (Å²) >= 11 is 0. The van der Waals surface area contributed by atoms with Gasteiger partial charge in [-0.15, -0.1) is 0 Å². The average molecular weight is 386 g/mol. The first-order valence-electron chi connectivity index (χ1n) is 9.89. The predicted molar refractivity (Wildman–Crippen MR) is 111 cm³/mol. The maximum atomic E-state index is 13.2. The third kappa shape index (κ3) is 3.21. The van der Waals surface area contributed by atoms with Crippen molar-refractivity contribution in [1.29, 1.82) is 0 Å². The monoisotopic (exact) mass is 386 g/mol. The van der Waals surface area contributed by atoms with Gasteiger partial charge in [-0.25, -0.2) is 4.68 Å². The van der Waals surface area contributed by atoms with Crippen molar-refractivity contribution in [2.24, 2.45) is 0 Å². The van der Waals surface area contributed by atoms with Crippen molar-refractivity contribution in [3.8, 4) is 17.1 Å². The molecule has 1 saturated heterocycles. The largest absolute Gasteiger partial charge is 0.391 e. The molecule has 6 nitrogen and oxygen atoms in total. The molecule has 146 valence electrons. The number of nitrogens with zero attached hydrogens (tertiary/aromatic N) is 4. The molecule has 0 radical (unpaired) electrons. The molecule has 4 aromatic rings. The van der Waals surface area contributed by atoms with Gasteiger partial charge in [0.15, 0.2) is 0 Å². The van der Waals surface area contributed by atoms with Crippen LogP contribution in [0.3, 0.4) is 0 Å². The molecule has 1 aromatic carbocycles. The normalized spacial score (nSPS) is 17.0. The molecule has 5 rings (SSSR count). The van der Waals surface area contributed by atoms with E-state index in [-0.39, 0.29) is 5.91 Å². The maximum absolute atomic E-state index is 13.2. The molecule has 1 atom stereocenters. The van der Waals surface area contributed by atoms with Crippen molar-refractivity contribution >= 4 is 11.4 Å². The predicted octanol–water partition coefficient (Wildman–Crippen LogP) is 3.39. The number of likely N-dealkylation sites (tertiary alicyclic amines) is 1. The summed E-state index contributed by atoms with van der Waals surface area (Å²) in [6.45, 7) is 1.07. The fourth-order valence-corrected chi connectivity index (χ4v) is 4.02. The molecule has 3 aromatic heterocycles. The Labute approximate surface area is 168 Å². The van der Waals surface area contributed by atoms with Crippen molar-refractivity contribution in [3.63, 3.8) is 0 Å². The lowest BCUT2D eigenvalue weighted by atomic mass is 10.1. The highest BCUT2D eigenvalue weighted by Crippen LogP contribution is 2.27. The molecule has 0 aliphatic carbocycles. The number of amides is 1. The number of pyridine rings is 1. The van der Waals surface area contributed by atoms with E-state index in [1.165, 1.54) is 0 Å². The van der Waals surface area contributed by atoms with Gasteiger partial charge in [0.05, 0.1) is 28.6 Å². The zero-order valence-electron chi connectivity index (χ0n) is 16.0. The van der Waals surface area contributed by atoms with Crippen molar-refractivity contribution < 1.29 is 9.90 Å². The summed E-state index contributed by atoms with van der Waals surface area (Å²) in [4.78, 5) is 15.0. The highest BCUT2D eigenvalue weighted by Gasteiger charge is 2.26. The van der Waals surface area contributed by atoms with Crippen molar-refractivity contribution in [3.05, 3.63) is 78.6 Å². The minimum Gasteiger partial charge on any atom is -0.391 e. The molecule has 1 aliphatic heterocycles. The van der Waals surface area contributed by atoms with Gasteiger partial charge < -0.3 is 14.4 Å². The molecular weight excluding hydrogens is 364 g/mol. The summed E-state index contributed by atoms with van der Waals surface area (Å²) in [5.41, 5.74) is 4.15. The number of benzene rings is 1. The first-order valence-corrected chi connectivity index (χ1v) is 9.89.